The third kappa shape index (κ3) is 3.46. The number of halogens is 1. The Morgan fingerprint density at radius 3 is 2.58 bits per heavy atom. The number of fused-ring (bicyclic) bond motifs is 1. The summed E-state index contributed by atoms with van der Waals surface area (Å²) in [6.07, 6.45) is 1.69. The molecule has 4 aromatic rings. The molecule has 4 nitrogen and oxygen atoms in total. The number of carbonyl (C=O) groups excluding carboxylic acids is 1. The van der Waals surface area contributed by atoms with Crippen molar-refractivity contribution in [3.05, 3.63) is 84.1 Å². The summed E-state index contributed by atoms with van der Waals surface area (Å²) in [7, 11) is 0. The minimum Gasteiger partial charge on any atom is -0.325 e. The van der Waals surface area contributed by atoms with Crippen molar-refractivity contribution in [1.29, 1.82) is 0 Å². The van der Waals surface area contributed by atoms with E-state index in [4.69, 9.17) is 11.6 Å². The molecular weight excluding hydrogens is 346 g/mol. The number of rotatable bonds is 4. The van der Waals surface area contributed by atoms with Gasteiger partial charge in [-0.3, -0.25) is 4.79 Å². The number of benzene rings is 3. The summed E-state index contributed by atoms with van der Waals surface area (Å²) in [5, 5.41) is 3.62. The molecule has 1 N–H and O–H groups in total. The number of nitrogens with zero attached hydrogens (tertiary/aromatic N) is 2. The van der Waals surface area contributed by atoms with Crippen LogP contribution in [0.2, 0.25) is 5.02 Å². The fourth-order valence-electron chi connectivity index (χ4n) is 2.91. The fraction of sp³-hybridized carbons (Fsp3) is 0.0476. The van der Waals surface area contributed by atoms with Crippen LogP contribution >= 0.6 is 11.6 Å². The molecule has 4 rings (SSSR count). The molecule has 3 aromatic carbocycles. The standard InChI is InChI=1S/C21H16ClN3O/c22-17-5-3-4-16(12-17)15-8-10-18(11-9-15)24-21(26)13-25-14-23-19-6-1-2-7-20(19)25/h1-12,14H,13H2,(H,24,26). The molecule has 128 valence electrons. The molecule has 0 bridgehead atoms. The van der Waals surface area contributed by atoms with E-state index in [0.717, 1.165) is 27.8 Å². The van der Waals surface area contributed by atoms with Crippen LogP contribution in [0.15, 0.2) is 79.1 Å². The second kappa shape index (κ2) is 7.02. The monoisotopic (exact) mass is 361 g/mol. The average Bonchev–Trinajstić information content (AvgIpc) is 3.05. The molecule has 0 fully saturated rings. The number of hydrogen-bond acceptors (Lipinski definition) is 2. The van der Waals surface area contributed by atoms with Gasteiger partial charge < -0.3 is 9.88 Å². The lowest BCUT2D eigenvalue weighted by molar-refractivity contribution is -0.116. The zero-order valence-electron chi connectivity index (χ0n) is 13.9. The Morgan fingerprint density at radius 1 is 0.962 bits per heavy atom. The van der Waals surface area contributed by atoms with E-state index in [0.29, 0.717) is 5.02 Å². The third-order valence-electron chi connectivity index (χ3n) is 4.17. The molecule has 0 atom stereocenters. The van der Waals surface area contributed by atoms with Crippen LogP contribution in [-0.2, 0) is 11.3 Å². The van der Waals surface area contributed by atoms with E-state index in [9.17, 15) is 4.79 Å². The zero-order valence-corrected chi connectivity index (χ0v) is 14.6. The van der Waals surface area contributed by atoms with Crippen LogP contribution in [0.4, 0.5) is 5.69 Å². The van der Waals surface area contributed by atoms with Crippen molar-refractivity contribution in [3.63, 3.8) is 0 Å². The van der Waals surface area contributed by atoms with Crippen molar-refractivity contribution >= 4 is 34.2 Å². The lowest BCUT2D eigenvalue weighted by atomic mass is 10.1. The summed E-state index contributed by atoms with van der Waals surface area (Å²) in [6, 6.07) is 23.1. The second-order valence-electron chi connectivity index (χ2n) is 6.00. The Morgan fingerprint density at radius 2 is 1.77 bits per heavy atom. The number of anilines is 1. The first-order chi connectivity index (χ1) is 12.7. The number of para-hydroxylation sites is 2. The molecule has 0 unspecified atom stereocenters. The first kappa shape index (κ1) is 16.4. The van der Waals surface area contributed by atoms with E-state index < -0.39 is 0 Å². The Hall–Kier alpha value is -3.11. The van der Waals surface area contributed by atoms with E-state index in [1.54, 1.807) is 6.33 Å². The van der Waals surface area contributed by atoms with Crippen LogP contribution < -0.4 is 5.32 Å². The molecule has 0 aliphatic heterocycles. The van der Waals surface area contributed by atoms with Gasteiger partial charge in [0.1, 0.15) is 6.54 Å². The number of nitrogens with one attached hydrogen (secondary N) is 1. The molecular formula is C21H16ClN3O. The second-order valence-corrected chi connectivity index (χ2v) is 6.43. The Balaban J connectivity index is 1.46. The van der Waals surface area contributed by atoms with E-state index in [2.05, 4.69) is 10.3 Å². The van der Waals surface area contributed by atoms with Crippen molar-refractivity contribution in [2.24, 2.45) is 0 Å². The van der Waals surface area contributed by atoms with Crippen LogP contribution in [-0.4, -0.2) is 15.5 Å². The van der Waals surface area contributed by atoms with Gasteiger partial charge in [0.05, 0.1) is 17.4 Å². The van der Waals surface area contributed by atoms with Crippen molar-refractivity contribution in [3.8, 4) is 11.1 Å². The predicted octanol–water partition coefficient (Wildman–Crippen LogP) is 5.00. The molecule has 1 heterocycles. The van der Waals surface area contributed by atoms with Gasteiger partial charge in [-0.15, -0.1) is 0 Å². The van der Waals surface area contributed by atoms with Crippen LogP contribution in [0.5, 0.6) is 0 Å². The zero-order chi connectivity index (χ0) is 17.9. The van der Waals surface area contributed by atoms with Gasteiger partial charge in [-0.05, 0) is 47.5 Å². The number of imidazole rings is 1. The van der Waals surface area contributed by atoms with Crippen LogP contribution in [0.1, 0.15) is 0 Å². The maximum atomic E-state index is 12.3. The van der Waals surface area contributed by atoms with Crippen LogP contribution in [0, 0.1) is 0 Å². The van der Waals surface area contributed by atoms with Crippen LogP contribution in [0.25, 0.3) is 22.2 Å². The molecule has 0 aliphatic carbocycles. The first-order valence-corrected chi connectivity index (χ1v) is 8.62. The lowest BCUT2D eigenvalue weighted by Gasteiger charge is -2.08. The van der Waals surface area contributed by atoms with Crippen molar-refractivity contribution in [1.82, 2.24) is 9.55 Å². The molecule has 0 saturated heterocycles. The normalized spacial score (nSPS) is 10.8. The minimum absolute atomic E-state index is 0.0938. The van der Waals surface area contributed by atoms with Gasteiger partial charge in [0.25, 0.3) is 0 Å². The van der Waals surface area contributed by atoms with Gasteiger partial charge in [0, 0.05) is 10.7 Å². The summed E-state index contributed by atoms with van der Waals surface area (Å²) in [4.78, 5) is 16.6. The van der Waals surface area contributed by atoms with Gasteiger partial charge in [-0.1, -0.05) is 48.0 Å². The summed E-state index contributed by atoms with van der Waals surface area (Å²) >= 11 is 6.04. The van der Waals surface area contributed by atoms with Gasteiger partial charge in [-0.2, -0.15) is 0 Å². The Bertz CT molecular complexity index is 1070. The number of carbonyl (C=O) groups is 1. The molecule has 1 amide bonds. The highest BCUT2D eigenvalue weighted by Crippen LogP contribution is 2.24. The number of amides is 1. The smallest absolute Gasteiger partial charge is 0.244 e. The highest BCUT2D eigenvalue weighted by atomic mass is 35.5. The van der Waals surface area contributed by atoms with E-state index in [1.807, 2.05) is 77.4 Å². The number of aromatic nitrogens is 2. The first-order valence-electron chi connectivity index (χ1n) is 8.25. The summed E-state index contributed by atoms with van der Waals surface area (Å²) in [5.41, 5.74) is 4.67. The highest BCUT2D eigenvalue weighted by molar-refractivity contribution is 6.30. The lowest BCUT2D eigenvalue weighted by Crippen LogP contribution is -2.18. The maximum Gasteiger partial charge on any atom is 0.244 e. The molecule has 0 aliphatic rings. The molecule has 26 heavy (non-hydrogen) atoms. The highest BCUT2D eigenvalue weighted by Gasteiger charge is 2.07. The van der Waals surface area contributed by atoms with Crippen molar-refractivity contribution in [2.45, 2.75) is 6.54 Å². The Kier molecular flexibility index (Phi) is 4.42. The maximum absolute atomic E-state index is 12.3. The SMILES string of the molecule is O=C(Cn1cnc2ccccc21)Nc1ccc(-c2cccc(Cl)c2)cc1. The minimum atomic E-state index is -0.0938. The molecule has 0 saturated carbocycles. The molecule has 0 spiro atoms. The molecule has 1 aromatic heterocycles. The Labute approximate surface area is 156 Å². The molecule has 5 heteroatoms. The largest absolute Gasteiger partial charge is 0.325 e. The van der Waals surface area contributed by atoms with Gasteiger partial charge >= 0.3 is 0 Å². The molecule has 0 radical (unpaired) electrons. The van der Waals surface area contributed by atoms with Crippen LogP contribution in [0.3, 0.4) is 0 Å². The van der Waals surface area contributed by atoms with Crippen molar-refractivity contribution in [2.75, 3.05) is 5.32 Å². The number of hydrogen-bond donors (Lipinski definition) is 1. The van der Waals surface area contributed by atoms with E-state index >= 15 is 0 Å². The van der Waals surface area contributed by atoms with Gasteiger partial charge in [0.2, 0.25) is 5.91 Å². The van der Waals surface area contributed by atoms with Gasteiger partial charge in [-0.25, -0.2) is 4.98 Å². The average molecular weight is 362 g/mol. The predicted molar refractivity (Wildman–Crippen MR) is 105 cm³/mol. The fourth-order valence-corrected chi connectivity index (χ4v) is 3.10. The van der Waals surface area contributed by atoms with E-state index in [-0.39, 0.29) is 12.5 Å². The third-order valence-corrected chi connectivity index (χ3v) is 4.40. The van der Waals surface area contributed by atoms with E-state index in [1.165, 1.54) is 0 Å². The summed E-state index contributed by atoms with van der Waals surface area (Å²) in [6.45, 7) is 0.219. The van der Waals surface area contributed by atoms with Crippen molar-refractivity contribution < 1.29 is 4.79 Å². The summed E-state index contributed by atoms with van der Waals surface area (Å²) < 4.78 is 1.84. The summed E-state index contributed by atoms with van der Waals surface area (Å²) in [5.74, 6) is -0.0938. The van der Waals surface area contributed by atoms with Gasteiger partial charge in [0.15, 0.2) is 0 Å². The quantitative estimate of drug-likeness (QED) is 0.556. The topological polar surface area (TPSA) is 46.9 Å².